The summed E-state index contributed by atoms with van der Waals surface area (Å²) < 4.78 is 0. The van der Waals surface area contributed by atoms with Crippen LogP contribution in [0.1, 0.15) is 19.3 Å². The van der Waals surface area contributed by atoms with Gasteiger partial charge in [0.05, 0.1) is 23.7 Å². The summed E-state index contributed by atoms with van der Waals surface area (Å²) in [5.74, 6) is 0.0554. The molecular formula is C22H24N3OS+. The molecule has 0 unspecified atom stereocenters. The number of nitrogens with one attached hydrogen (secondary N) is 2. The van der Waals surface area contributed by atoms with Crippen LogP contribution in [0.4, 0.5) is 5.13 Å². The summed E-state index contributed by atoms with van der Waals surface area (Å²) in [6.45, 7) is 2.71. The Morgan fingerprint density at radius 2 is 1.56 bits per heavy atom. The van der Waals surface area contributed by atoms with Crippen molar-refractivity contribution in [2.75, 3.05) is 25.0 Å². The first kappa shape index (κ1) is 17.9. The number of likely N-dealkylation sites (tertiary alicyclic amines) is 1. The number of amides is 1. The van der Waals surface area contributed by atoms with Gasteiger partial charge in [-0.3, -0.25) is 10.1 Å². The van der Waals surface area contributed by atoms with Gasteiger partial charge in [-0.15, -0.1) is 0 Å². The number of rotatable bonds is 5. The number of nitrogens with zero attached hydrogens (tertiary/aromatic N) is 1. The molecule has 27 heavy (non-hydrogen) atoms. The second kappa shape index (κ2) is 8.46. The van der Waals surface area contributed by atoms with Gasteiger partial charge in [0.2, 0.25) is 0 Å². The zero-order valence-electron chi connectivity index (χ0n) is 15.3. The number of carbonyl (C=O) groups is 1. The molecule has 0 radical (unpaired) electrons. The molecule has 1 amide bonds. The van der Waals surface area contributed by atoms with Crippen molar-refractivity contribution in [1.82, 2.24) is 4.98 Å². The van der Waals surface area contributed by atoms with Crippen LogP contribution in [0.25, 0.3) is 21.7 Å². The summed E-state index contributed by atoms with van der Waals surface area (Å²) in [5, 5.41) is 3.71. The van der Waals surface area contributed by atoms with Crippen LogP contribution >= 0.6 is 11.3 Å². The lowest BCUT2D eigenvalue weighted by Gasteiger charge is -2.22. The molecule has 0 atom stereocenters. The van der Waals surface area contributed by atoms with Crippen molar-refractivity contribution >= 4 is 22.4 Å². The molecule has 1 aliphatic heterocycles. The van der Waals surface area contributed by atoms with Gasteiger partial charge in [-0.25, -0.2) is 4.98 Å². The molecule has 0 aliphatic carbocycles. The van der Waals surface area contributed by atoms with Crippen LogP contribution in [0, 0.1) is 0 Å². The highest BCUT2D eigenvalue weighted by Gasteiger charge is 2.20. The van der Waals surface area contributed by atoms with Gasteiger partial charge in [-0.2, -0.15) is 0 Å². The Hall–Kier alpha value is -2.50. The van der Waals surface area contributed by atoms with Crippen LogP contribution in [0.15, 0.2) is 60.7 Å². The molecule has 0 saturated carbocycles. The highest BCUT2D eigenvalue weighted by atomic mass is 32.1. The van der Waals surface area contributed by atoms with E-state index in [0.717, 1.165) is 34.8 Å². The molecule has 2 heterocycles. The summed E-state index contributed by atoms with van der Waals surface area (Å²) in [5.41, 5.74) is 3.11. The molecule has 5 heteroatoms. The number of quaternary nitrogens is 1. The number of carbonyl (C=O) groups excluding carboxylic acids is 1. The van der Waals surface area contributed by atoms with E-state index in [0.29, 0.717) is 11.7 Å². The van der Waals surface area contributed by atoms with E-state index in [2.05, 4.69) is 29.6 Å². The fourth-order valence-electron chi connectivity index (χ4n) is 3.57. The monoisotopic (exact) mass is 378 g/mol. The minimum atomic E-state index is 0.0554. The van der Waals surface area contributed by atoms with E-state index in [9.17, 15) is 4.79 Å². The average molecular weight is 379 g/mol. The largest absolute Gasteiger partial charge is 0.327 e. The van der Waals surface area contributed by atoms with Crippen molar-refractivity contribution in [1.29, 1.82) is 0 Å². The summed E-state index contributed by atoms with van der Waals surface area (Å²) in [4.78, 5) is 19.7. The maximum absolute atomic E-state index is 12.5. The molecule has 3 aromatic rings. The smallest absolute Gasteiger partial charge is 0.281 e. The number of aromatic nitrogens is 1. The van der Waals surface area contributed by atoms with E-state index in [-0.39, 0.29) is 5.91 Å². The first-order valence-electron chi connectivity index (χ1n) is 9.55. The van der Waals surface area contributed by atoms with Crippen molar-refractivity contribution < 1.29 is 9.69 Å². The van der Waals surface area contributed by atoms with Crippen molar-refractivity contribution in [3.05, 3.63) is 60.7 Å². The van der Waals surface area contributed by atoms with Crippen LogP contribution in [0.3, 0.4) is 0 Å². The lowest BCUT2D eigenvalue weighted by Crippen LogP contribution is -3.13. The molecule has 1 aromatic heterocycles. The number of anilines is 1. The average Bonchev–Trinajstić information content (AvgIpc) is 3.14. The quantitative estimate of drug-likeness (QED) is 0.714. The van der Waals surface area contributed by atoms with E-state index >= 15 is 0 Å². The first-order chi connectivity index (χ1) is 13.3. The zero-order valence-corrected chi connectivity index (χ0v) is 16.1. The van der Waals surface area contributed by atoms with E-state index in [1.807, 2.05) is 36.4 Å². The number of piperidine rings is 1. The summed E-state index contributed by atoms with van der Waals surface area (Å²) in [6, 6.07) is 20.4. The van der Waals surface area contributed by atoms with Crippen LogP contribution in [0.2, 0.25) is 0 Å². The van der Waals surface area contributed by atoms with Crippen molar-refractivity contribution in [2.24, 2.45) is 0 Å². The number of hydrogen-bond donors (Lipinski definition) is 2. The van der Waals surface area contributed by atoms with E-state index in [4.69, 9.17) is 4.98 Å². The second-order valence-electron chi connectivity index (χ2n) is 6.96. The normalized spacial score (nSPS) is 14.8. The van der Waals surface area contributed by atoms with Gasteiger partial charge in [0, 0.05) is 5.56 Å². The lowest BCUT2D eigenvalue weighted by molar-refractivity contribution is -0.896. The Labute approximate surface area is 163 Å². The maximum atomic E-state index is 12.5. The molecule has 2 N–H and O–H groups in total. The van der Waals surface area contributed by atoms with Crippen LogP contribution in [-0.2, 0) is 4.79 Å². The third-order valence-corrected chi connectivity index (χ3v) is 5.95. The van der Waals surface area contributed by atoms with Gasteiger partial charge in [-0.05, 0) is 24.8 Å². The van der Waals surface area contributed by atoms with Crippen molar-refractivity contribution in [2.45, 2.75) is 19.3 Å². The molecule has 0 spiro atoms. The van der Waals surface area contributed by atoms with Gasteiger partial charge in [0.25, 0.3) is 5.91 Å². The van der Waals surface area contributed by atoms with Crippen LogP contribution in [0.5, 0.6) is 0 Å². The highest BCUT2D eigenvalue weighted by molar-refractivity contribution is 7.19. The first-order valence-corrected chi connectivity index (χ1v) is 10.4. The lowest BCUT2D eigenvalue weighted by atomic mass is 10.1. The molecule has 2 aromatic carbocycles. The Morgan fingerprint density at radius 1 is 0.926 bits per heavy atom. The Balaban J connectivity index is 1.58. The van der Waals surface area contributed by atoms with E-state index in [1.165, 1.54) is 24.2 Å². The Morgan fingerprint density at radius 3 is 2.22 bits per heavy atom. The maximum Gasteiger partial charge on any atom is 0.281 e. The fourth-order valence-corrected chi connectivity index (χ4v) is 4.58. The standard InChI is InChI=1S/C22H23N3OS/c26-19(16-25-14-8-3-9-15-25)23-22-24-20(17-10-4-1-5-11-17)21(27-22)18-12-6-2-7-13-18/h1-2,4-7,10-13H,3,8-9,14-16H2,(H,23,24,26)/p+1. The SMILES string of the molecule is O=C(C[NH+]1CCCCC1)Nc1nc(-c2ccccc2)c(-c2ccccc2)s1. The summed E-state index contributed by atoms with van der Waals surface area (Å²) >= 11 is 1.55. The van der Waals surface area contributed by atoms with Gasteiger partial charge >= 0.3 is 0 Å². The van der Waals surface area contributed by atoms with Crippen LogP contribution in [-0.4, -0.2) is 30.5 Å². The molecule has 1 saturated heterocycles. The van der Waals surface area contributed by atoms with Crippen molar-refractivity contribution in [3.63, 3.8) is 0 Å². The Bertz CT molecular complexity index is 829. The summed E-state index contributed by atoms with van der Waals surface area (Å²) in [6.07, 6.45) is 3.73. The predicted octanol–water partition coefficient (Wildman–Crippen LogP) is 3.48. The number of hydrogen-bond acceptors (Lipinski definition) is 3. The Kier molecular flexibility index (Phi) is 5.61. The minimum absolute atomic E-state index is 0.0554. The molecule has 1 aliphatic rings. The summed E-state index contributed by atoms with van der Waals surface area (Å²) in [7, 11) is 0. The molecule has 4 nitrogen and oxygen atoms in total. The topological polar surface area (TPSA) is 46.4 Å². The molecule has 1 fully saturated rings. The highest BCUT2D eigenvalue weighted by Crippen LogP contribution is 2.38. The van der Waals surface area contributed by atoms with Gasteiger partial charge in [0.15, 0.2) is 11.7 Å². The fraction of sp³-hybridized carbons (Fsp3) is 0.273. The van der Waals surface area contributed by atoms with Gasteiger partial charge in [-0.1, -0.05) is 72.0 Å². The number of thiazole rings is 1. The van der Waals surface area contributed by atoms with Gasteiger partial charge < -0.3 is 4.90 Å². The molecule has 138 valence electrons. The molecular weight excluding hydrogens is 354 g/mol. The van der Waals surface area contributed by atoms with E-state index in [1.54, 1.807) is 11.3 Å². The van der Waals surface area contributed by atoms with Gasteiger partial charge in [0.1, 0.15) is 0 Å². The second-order valence-corrected chi connectivity index (χ2v) is 7.96. The minimum Gasteiger partial charge on any atom is -0.327 e. The third-order valence-electron chi connectivity index (χ3n) is 4.93. The number of benzene rings is 2. The van der Waals surface area contributed by atoms with E-state index < -0.39 is 0 Å². The third kappa shape index (κ3) is 4.43. The molecule has 4 rings (SSSR count). The van der Waals surface area contributed by atoms with Crippen molar-refractivity contribution in [3.8, 4) is 21.7 Å². The predicted molar refractivity (Wildman–Crippen MR) is 111 cm³/mol. The van der Waals surface area contributed by atoms with Crippen LogP contribution < -0.4 is 10.2 Å². The molecule has 0 bridgehead atoms. The zero-order chi connectivity index (χ0) is 18.5.